The summed E-state index contributed by atoms with van der Waals surface area (Å²) in [5.74, 6) is -0.751. The van der Waals surface area contributed by atoms with Crippen molar-refractivity contribution >= 4 is 33.0 Å². The van der Waals surface area contributed by atoms with Crippen LogP contribution in [-0.4, -0.2) is 32.0 Å². The summed E-state index contributed by atoms with van der Waals surface area (Å²) in [6.07, 6.45) is -0.160. The van der Waals surface area contributed by atoms with Crippen molar-refractivity contribution in [3.63, 3.8) is 0 Å². The number of hydrogen-bond donors (Lipinski definition) is 1. The molecule has 1 aliphatic heterocycles. The molecule has 148 valence electrons. The fraction of sp³-hybridized carbons (Fsp3) is 0.333. The number of aryl methyl sites for hydroxylation is 3. The van der Waals surface area contributed by atoms with Crippen LogP contribution >= 0.6 is 0 Å². The van der Waals surface area contributed by atoms with Gasteiger partial charge < -0.3 is 10.2 Å². The molecular formula is C21H24N2O4S. The maximum atomic E-state index is 12.7. The second kappa shape index (κ2) is 7.39. The highest BCUT2D eigenvalue weighted by molar-refractivity contribution is 7.92. The standard InChI is InChI=1S/C21H24N2O4S/c1-13-9-14(2)21(15(3)10-13)22-19(24)12-23-17-7-5-6-8-18(17)28(26,27)16(4)11-20(23)25/h5-10,16H,11-12H2,1-4H3,(H,22,24)/t16-/m1/s1. The molecule has 1 atom stereocenters. The molecule has 2 amide bonds. The zero-order chi connectivity index (χ0) is 20.6. The number of amides is 2. The van der Waals surface area contributed by atoms with Crippen molar-refractivity contribution in [1.29, 1.82) is 0 Å². The molecule has 0 aliphatic carbocycles. The molecule has 0 saturated carbocycles. The van der Waals surface area contributed by atoms with Crippen molar-refractivity contribution in [3.8, 4) is 0 Å². The van der Waals surface area contributed by atoms with E-state index in [-0.39, 0.29) is 35.4 Å². The first-order valence-corrected chi connectivity index (χ1v) is 10.7. The van der Waals surface area contributed by atoms with Crippen LogP contribution < -0.4 is 10.2 Å². The van der Waals surface area contributed by atoms with E-state index >= 15 is 0 Å². The highest BCUT2D eigenvalue weighted by Crippen LogP contribution is 2.33. The number of sulfone groups is 1. The van der Waals surface area contributed by atoms with Crippen molar-refractivity contribution < 1.29 is 18.0 Å². The fourth-order valence-electron chi connectivity index (χ4n) is 3.61. The van der Waals surface area contributed by atoms with E-state index in [4.69, 9.17) is 0 Å². The summed E-state index contributed by atoms with van der Waals surface area (Å²) in [5.41, 5.74) is 3.94. The number of carbonyl (C=O) groups excluding carboxylic acids is 2. The van der Waals surface area contributed by atoms with E-state index in [1.807, 2.05) is 32.9 Å². The molecule has 0 radical (unpaired) electrons. The summed E-state index contributed by atoms with van der Waals surface area (Å²) in [4.78, 5) is 26.8. The Hall–Kier alpha value is -2.67. The van der Waals surface area contributed by atoms with Crippen LogP contribution in [-0.2, 0) is 19.4 Å². The Morgan fingerprint density at radius 3 is 2.39 bits per heavy atom. The molecule has 2 aromatic carbocycles. The van der Waals surface area contributed by atoms with E-state index in [0.29, 0.717) is 5.69 Å². The maximum Gasteiger partial charge on any atom is 0.244 e. The SMILES string of the molecule is Cc1cc(C)c(NC(=O)CN2C(=O)C[C@@H](C)S(=O)(=O)c3ccccc32)c(C)c1. The first kappa shape index (κ1) is 20.1. The summed E-state index contributed by atoms with van der Waals surface area (Å²) in [5, 5.41) is 2.04. The molecule has 0 bridgehead atoms. The zero-order valence-corrected chi connectivity index (χ0v) is 17.3. The fourth-order valence-corrected chi connectivity index (χ4v) is 5.14. The molecule has 0 unspecified atom stereocenters. The summed E-state index contributed by atoms with van der Waals surface area (Å²) < 4.78 is 25.5. The highest BCUT2D eigenvalue weighted by atomic mass is 32.2. The smallest absolute Gasteiger partial charge is 0.244 e. The van der Waals surface area contributed by atoms with Gasteiger partial charge in [-0.3, -0.25) is 9.59 Å². The molecule has 1 N–H and O–H groups in total. The average molecular weight is 401 g/mol. The lowest BCUT2D eigenvalue weighted by atomic mass is 10.1. The van der Waals surface area contributed by atoms with Crippen LogP contribution in [0.5, 0.6) is 0 Å². The third kappa shape index (κ3) is 3.67. The van der Waals surface area contributed by atoms with E-state index in [1.54, 1.807) is 18.2 Å². The number of rotatable bonds is 3. The number of carbonyl (C=O) groups is 2. The molecule has 6 nitrogen and oxygen atoms in total. The minimum atomic E-state index is -3.63. The van der Waals surface area contributed by atoms with Gasteiger partial charge in [0.15, 0.2) is 9.84 Å². The minimum Gasteiger partial charge on any atom is -0.324 e. The van der Waals surface area contributed by atoms with Gasteiger partial charge in [-0.25, -0.2) is 8.42 Å². The number of anilines is 2. The molecule has 2 aromatic rings. The largest absolute Gasteiger partial charge is 0.324 e. The van der Waals surface area contributed by atoms with E-state index in [9.17, 15) is 18.0 Å². The van der Waals surface area contributed by atoms with Crippen molar-refractivity contribution in [2.45, 2.75) is 44.3 Å². The number of nitrogens with zero attached hydrogens (tertiary/aromatic N) is 1. The lowest BCUT2D eigenvalue weighted by Crippen LogP contribution is -2.38. The third-order valence-corrected chi connectivity index (χ3v) is 7.18. The second-order valence-electron chi connectivity index (χ2n) is 7.33. The Morgan fingerprint density at radius 1 is 1.14 bits per heavy atom. The summed E-state index contributed by atoms with van der Waals surface area (Å²) in [6.45, 7) is 7.09. The van der Waals surface area contributed by atoms with Crippen molar-refractivity contribution in [2.75, 3.05) is 16.8 Å². The average Bonchev–Trinajstić information content (AvgIpc) is 2.68. The monoisotopic (exact) mass is 400 g/mol. The van der Waals surface area contributed by atoms with Crippen molar-refractivity contribution in [1.82, 2.24) is 0 Å². The van der Waals surface area contributed by atoms with E-state index in [0.717, 1.165) is 16.7 Å². The predicted molar refractivity (Wildman–Crippen MR) is 109 cm³/mol. The maximum absolute atomic E-state index is 12.7. The molecule has 1 aliphatic rings. The Labute approximate surface area is 165 Å². The summed E-state index contributed by atoms with van der Waals surface area (Å²) >= 11 is 0. The van der Waals surface area contributed by atoms with Crippen LogP contribution in [0.15, 0.2) is 41.3 Å². The summed E-state index contributed by atoms with van der Waals surface area (Å²) in [7, 11) is -3.63. The first-order valence-electron chi connectivity index (χ1n) is 9.12. The molecule has 0 fully saturated rings. The zero-order valence-electron chi connectivity index (χ0n) is 16.4. The van der Waals surface area contributed by atoms with Crippen LogP contribution in [0.25, 0.3) is 0 Å². The quantitative estimate of drug-likeness (QED) is 0.858. The minimum absolute atomic E-state index is 0.0869. The van der Waals surface area contributed by atoms with Gasteiger partial charge in [-0.1, -0.05) is 29.8 Å². The van der Waals surface area contributed by atoms with Crippen LogP contribution in [0, 0.1) is 20.8 Å². The van der Waals surface area contributed by atoms with Crippen molar-refractivity contribution in [2.24, 2.45) is 0 Å². The molecule has 1 heterocycles. The second-order valence-corrected chi connectivity index (χ2v) is 9.66. The Balaban J connectivity index is 1.93. The van der Waals surface area contributed by atoms with Gasteiger partial charge in [-0.2, -0.15) is 0 Å². The number of hydrogen-bond acceptors (Lipinski definition) is 4. The third-order valence-electron chi connectivity index (χ3n) is 5.00. The van der Waals surface area contributed by atoms with Crippen molar-refractivity contribution in [3.05, 3.63) is 53.1 Å². The van der Waals surface area contributed by atoms with Gasteiger partial charge in [0.25, 0.3) is 0 Å². The molecule has 0 saturated heterocycles. The number of nitrogens with one attached hydrogen (secondary N) is 1. The van der Waals surface area contributed by atoms with Crippen LogP contribution in [0.3, 0.4) is 0 Å². The van der Waals surface area contributed by atoms with E-state index in [1.165, 1.54) is 17.9 Å². The van der Waals surface area contributed by atoms with Gasteiger partial charge in [0.05, 0.1) is 15.8 Å². The number of para-hydroxylation sites is 1. The molecule has 28 heavy (non-hydrogen) atoms. The van der Waals surface area contributed by atoms with Gasteiger partial charge in [0, 0.05) is 12.1 Å². The van der Waals surface area contributed by atoms with Crippen LogP contribution in [0.1, 0.15) is 30.0 Å². The van der Waals surface area contributed by atoms with E-state index in [2.05, 4.69) is 5.32 Å². The first-order chi connectivity index (χ1) is 13.1. The van der Waals surface area contributed by atoms with Gasteiger partial charge in [0.1, 0.15) is 6.54 Å². The Bertz CT molecular complexity index is 1040. The molecule has 0 aromatic heterocycles. The Kier molecular flexibility index (Phi) is 5.30. The van der Waals surface area contributed by atoms with Gasteiger partial charge in [0.2, 0.25) is 11.8 Å². The van der Waals surface area contributed by atoms with Gasteiger partial charge >= 0.3 is 0 Å². The molecule has 3 rings (SSSR count). The normalized spacial score (nSPS) is 18.4. The number of fused-ring (bicyclic) bond motifs is 1. The Morgan fingerprint density at radius 2 is 1.75 bits per heavy atom. The predicted octanol–water partition coefficient (Wildman–Crippen LogP) is 3.15. The lowest BCUT2D eigenvalue weighted by Gasteiger charge is -2.22. The van der Waals surface area contributed by atoms with Gasteiger partial charge in [-0.15, -0.1) is 0 Å². The van der Waals surface area contributed by atoms with E-state index < -0.39 is 15.1 Å². The lowest BCUT2D eigenvalue weighted by molar-refractivity contribution is -0.121. The number of benzene rings is 2. The summed E-state index contributed by atoms with van der Waals surface area (Å²) in [6, 6.07) is 10.3. The molecular weight excluding hydrogens is 376 g/mol. The van der Waals surface area contributed by atoms with Crippen LogP contribution in [0.4, 0.5) is 11.4 Å². The topological polar surface area (TPSA) is 83.6 Å². The van der Waals surface area contributed by atoms with Crippen LogP contribution in [0.2, 0.25) is 0 Å². The highest BCUT2D eigenvalue weighted by Gasteiger charge is 2.36. The molecule has 0 spiro atoms. The molecule has 7 heteroatoms. The van der Waals surface area contributed by atoms with Gasteiger partial charge in [-0.05, 0) is 51.0 Å².